The molecule has 0 aliphatic heterocycles. The first-order valence-electron chi connectivity index (χ1n) is 5.22. The lowest BCUT2D eigenvalue weighted by Gasteiger charge is -2.13. The molecule has 0 saturated heterocycles. The minimum Gasteiger partial charge on any atom is -0.398 e. The summed E-state index contributed by atoms with van der Waals surface area (Å²) >= 11 is 5.74. The second-order valence-corrected chi connectivity index (χ2v) is 6.80. The zero-order chi connectivity index (χ0) is 13.9. The van der Waals surface area contributed by atoms with Gasteiger partial charge in [-0.3, -0.25) is 4.79 Å². The highest BCUT2D eigenvalue weighted by Crippen LogP contribution is 2.19. The normalized spacial score (nSPS) is 13.1. The Morgan fingerprint density at radius 2 is 2.11 bits per heavy atom. The van der Waals surface area contributed by atoms with Crippen LogP contribution in [0.1, 0.15) is 17.3 Å². The van der Waals surface area contributed by atoms with Gasteiger partial charge in [-0.2, -0.15) is 0 Å². The van der Waals surface area contributed by atoms with Crippen LogP contribution in [0.5, 0.6) is 0 Å². The largest absolute Gasteiger partial charge is 0.398 e. The van der Waals surface area contributed by atoms with E-state index in [9.17, 15) is 13.2 Å². The molecule has 3 N–H and O–H groups in total. The molecule has 1 unspecified atom stereocenters. The lowest BCUT2D eigenvalue weighted by Crippen LogP contribution is -2.37. The van der Waals surface area contributed by atoms with E-state index in [0.29, 0.717) is 16.3 Å². The summed E-state index contributed by atoms with van der Waals surface area (Å²) in [4.78, 5) is 11.8. The van der Waals surface area contributed by atoms with Crippen molar-refractivity contribution in [2.45, 2.75) is 13.0 Å². The van der Waals surface area contributed by atoms with Crippen LogP contribution in [-0.2, 0) is 9.84 Å². The summed E-state index contributed by atoms with van der Waals surface area (Å²) in [5, 5.41) is 2.95. The van der Waals surface area contributed by atoms with Crippen molar-refractivity contribution in [3.63, 3.8) is 0 Å². The van der Waals surface area contributed by atoms with Gasteiger partial charge in [-0.15, -0.1) is 0 Å². The highest BCUT2D eigenvalue weighted by molar-refractivity contribution is 7.90. The van der Waals surface area contributed by atoms with Gasteiger partial charge >= 0.3 is 0 Å². The molecular formula is C11H15ClN2O3S. The number of carbonyl (C=O) groups is 1. The average molecular weight is 291 g/mol. The van der Waals surface area contributed by atoms with E-state index >= 15 is 0 Å². The van der Waals surface area contributed by atoms with Crippen LogP contribution < -0.4 is 11.1 Å². The number of hydrogen-bond acceptors (Lipinski definition) is 4. The lowest BCUT2D eigenvalue weighted by molar-refractivity contribution is 0.0943. The van der Waals surface area contributed by atoms with Crippen LogP contribution in [0.2, 0.25) is 5.02 Å². The summed E-state index contributed by atoms with van der Waals surface area (Å²) in [6.07, 6.45) is 1.12. The van der Waals surface area contributed by atoms with Gasteiger partial charge < -0.3 is 11.1 Å². The molecule has 0 aromatic heterocycles. The Morgan fingerprint density at radius 3 is 2.61 bits per heavy atom. The first kappa shape index (κ1) is 14.8. The number of sulfone groups is 1. The topological polar surface area (TPSA) is 89.3 Å². The quantitative estimate of drug-likeness (QED) is 0.812. The summed E-state index contributed by atoms with van der Waals surface area (Å²) in [6, 6.07) is 4.03. The van der Waals surface area contributed by atoms with Gasteiger partial charge in [0.05, 0.1) is 16.5 Å². The molecule has 100 valence electrons. The van der Waals surface area contributed by atoms with Crippen LogP contribution >= 0.6 is 11.6 Å². The first-order valence-corrected chi connectivity index (χ1v) is 7.66. The van der Waals surface area contributed by atoms with Crippen molar-refractivity contribution < 1.29 is 13.2 Å². The lowest BCUT2D eigenvalue weighted by atomic mass is 10.2. The van der Waals surface area contributed by atoms with Gasteiger partial charge in [-0.1, -0.05) is 11.6 Å². The molecular weight excluding hydrogens is 276 g/mol. The molecule has 0 saturated carbocycles. The molecule has 0 aliphatic rings. The molecule has 0 fully saturated rings. The van der Waals surface area contributed by atoms with Crippen LogP contribution in [0.15, 0.2) is 18.2 Å². The van der Waals surface area contributed by atoms with Gasteiger partial charge in [-0.05, 0) is 25.1 Å². The van der Waals surface area contributed by atoms with E-state index in [4.69, 9.17) is 17.3 Å². The zero-order valence-electron chi connectivity index (χ0n) is 10.1. The maximum absolute atomic E-state index is 11.8. The molecule has 1 atom stereocenters. The third-order valence-corrected chi connectivity index (χ3v) is 3.64. The van der Waals surface area contributed by atoms with E-state index < -0.39 is 15.9 Å². The number of nitrogen functional groups attached to an aromatic ring is 1. The molecule has 0 spiro atoms. The van der Waals surface area contributed by atoms with Gasteiger partial charge in [0.1, 0.15) is 9.84 Å². The molecule has 7 heteroatoms. The molecule has 1 rings (SSSR count). The Labute approximate surface area is 111 Å². The van der Waals surface area contributed by atoms with Crippen molar-refractivity contribution in [1.82, 2.24) is 5.32 Å². The SMILES string of the molecule is CC(CS(C)(=O)=O)NC(=O)c1ccc(Cl)c(N)c1. The van der Waals surface area contributed by atoms with Crippen LogP contribution in [0.25, 0.3) is 0 Å². The highest BCUT2D eigenvalue weighted by Gasteiger charge is 2.14. The maximum Gasteiger partial charge on any atom is 0.251 e. The predicted molar refractivity (Wildman–Crippen MR) is 72.5 cm³/mol. The minimum absolute atomic E-state index is 0.109. The molecule has 5 nitrogen and oxygen atoms in total. The van der Waals surface area contributed by atoms with E-state index in [-0.39, 0.29) is 11.7 Å². The third kappa shape index (κ3) is 4.54. The Hall–Kier alpha value is -1.27. The van der Waals surface area contributed by atoms with Gasteiger partial charge in [0.15, 0.2) is 0 Å². The number of halogens is 1. The van der Waals surface area contributed by atoms with Crippen molar-refractivity contribution in [2.75, 3.05) is 17.7 Å². The molecule has 1 amide bonds. The molecule has 18 heavy (non-hydrogen) atoms. The van der Waals surface area contributed by atoms with E-state index in [2.05, 4.69) is 5.32 Å². The fourth-order valence-corrected chi connectivity index (χ4v) is 2.60. The van der Waals surface area contributed by atoms with Crippen molar-refractivity contribution in [1.29, 1.82) is 0 Å². The fraction of sp³-hybridized carbons (Fsp3) is 0.364. The second-order valence-electron chi connectivity index (χ2n) is 4.20. The smallest absolute Gasteiger partial charge is 0.251 e. The summed E-state index contributed by atoms with van der Waals surface area (Å²) in [7, 11) is -3.13. The molecule has 1 aromatic rings. The Kier molecular flexibility index (Phi) is 4.59. The monoisotopic (exact) mass is 290 g/mol. The fourth-order valence-electron chi connectivity index (χ4n) is 1.49. The second kappa shape index (κ2) is 5.58. The number of hydrogen-bond donors (Lipinski definition) is 2. The summed E-state index contributed by atoms with van der Waals surface area (Å²) < 4.78 is 22.1. The predicted octanol–water partition coefficient (Wildman–Crippen LogP) is 1.09. The number of anilines is 1. The van der Waals surface area contributed by atoms with Crippen molar-refractivity contribution in [2.24, 2.45) is 0 Å². The van der Waals surface area contributed by atoms with E-state index in [1.54, 1.807) is 6.92 Å². The number of carbonyl (C=O) groups excluding carboxylic acids is 1. The Balaban J connectivity index is 2.73. The number of amides is 1. The van der Waals surface area contributed by atoms with E-state index in [1.165, 1.54) is 18.2 Å². The van der Waals surface area contributed by atoms with Crippen LogP contribution in [0.3, 0.4) is 0 Å². The zero-order valence-corrected chi connectivity index (χ0v) is 11.7. The van der Waals surface area contributed by atoms with Crippen LogP contribution in [-0.4, -0.2) is 32.4 Å². The van der Waals surface area contributed by atoms with Gasteiger partial charge in [0.2, 0.25) is 0 Å². The summed E-state index contributed by atoms with van der Waals surface area (Å²) in [6.45, 7) is 1.62. The first-order chi connectivity index (χ1) is 8.19. The molecule has 0 heterocycles. The third-order valence-electron chi connectivity index (χ3n) is 2.19. The van der Waals surface area contributed by atoms with Crippen LogP contribution in [0, 0.1) is 0 Å². The van der Waals surface area contributed by atoms with Crippen molar-refractivity contribution >= 4 is 33.0 Å². The molecule has 0 radical (unpaired) electrons. The van der Waals surface area contributed by atoms with Crippen molar-refractivity contribution in [3.05, 3.63) is 28.8 Å². The highest BCUT2D eigenvalue weighted by atomic mass is 35.5. The van der Waals surface area contributed by atoms with E-state index in [1.807, 2.05) is 0 Å². The molecule has 0 aliphatic carbocycles. The van der Waals surface area contributed by atoms with Gasteiger partial charge in [0, 0.05) is 17.9 Å². The summed E-state index contributed by atoms with van der Waals surface area (Å²) in [5.74, 6) is -0.489. The molecule has 1 aromatic carbocycles. The standard InChI is InChI=1S/C11H15ClN2O3S/c1-7(6-18(2,16)17)14-11(15)8-3-4-9(12)10(13)5-8/h3-5,7H,6,13H2,1-2H3,(H,14,15). The van der Waals surface area contributed by atoms with E-state index in [0.717, 1.165) is 6.26 Å². The minimum atomic E-state index is -3.13. The number of benzene rings is 1. The summed E-state index contributed by atoms with van der Waals surface area (Å²) in [5.41, 5.74) is 6.23. The molecule has 0 bridgehead atoms. The van der Waals surface area contributed by atoms with Crippen molar-refractivity contribution in [3.8, 4) is 0 Å². The van der Waals surface area contributed by atoms with Gasteiger partial charge in [0.25, 0.3) is 5.91 Å². The number of rotatable bonds is 4. The average Bonchev–Trinajstić information content (AvgIpc) is 2.18. The number of nitrogens with one attached hydrogen (secondary N) is 1. The Morgan fingerprint density at radius 1 is 1.50 bits per heavy atom. The van der Waals surface area contributed by atoms with Gasteiger partial charge in [-0.25, -0.2) is 8.42 Å². The number of nitrogens with two attached hydrogens (primary N) is 1. The Bertz CT molecular complexity index is 557. The maximum atomic E-state index is 11.8. The van der Waals surface area contributed by atoms with Crippen LogP contribution in [0.4, 0.5) is 5.69 Å².